The summed E-state index contributed by atoms with van der Waals surface area (Å²) in [7, 11) is 0. The highest BCUT2D eigenvalue weighted by Gasteiger charge is 2.38. The third kappa shape index (κ3) is 3.14. The normalized spacial score (nSPS) is 36.8. The van der Waals surface area contributed by atoms with E-state index >= 15 is 0 Å². The van der Waals surface area contributed by atoms with E-state index in [4.69, 9.17) is 0 Å². The number of hydrogen-bond donors (Lipinski definition) is 1. The van der Waals surface area contributed by atoms with Gasteiger partial charge in [0, 0.05) is 18.6 Å². The van der Waals surface area contributed by atoms with Crippen molar-refractivity contribution in [2.24, 2.45) is 5.92 Å². The molecule has 0 aromatic heterocycles. The van der Waals surface area contributed by atoms with E-state index in [0.29, 0.717) is 0 Å². The molecule has 3 heteroatoms. The van der Waals surface area contributed by atoms with E-state index in [-0.39, 0.29) is 0 Å². The lowest BCUT2D eigenvalue weighted by atomic mass is 9.78. The Balaban J connectivity index is 1.50. The maximum atomic E-state index is 3.63. The molecule has 0 radical (unpaired) electrons. The number of hydrogen-bond acceptors (Lipinski definition) is 3. The third-order valence-electron chi connectivity index (χ3n) is 5.51. The SMILES string of the molecule is CCCNCC1CCC1N1CCCN2CCCC2C1. The van der Waals surface area contributed by atoms with E-state index in [1.807, 2.05) is 0 Å². The van der Waals surface area contributed by atoms with Crippen molar-refractivity contribution in [1.29, 1.82) is 0 Å². The first-order valence-electron chi connectivity index (χ1n) is 8.57. The van der Waals surface area contributed by atoms with E-state index in [9.17, 15) is 0 Å². The van der Waals surface area contributed by atoms with Crippen LogP contribution in [0.15, 0.2) is 0 Å². The first kappa shape index (κ1) is 13.8. The molecule has 3 unspecified atom stereocenters. The van der Waals surface area contributed by atoms with Gasteiger partial charge < -0.3 is 5.32 Å². The summed E-state index contributed by atoms with van der Waals surface area (Å²) in [6.45, 7) is 10.1. The van der Waals surface area contributed by atoms with Gasteiger partial charge in [0.1, 0.15) is 0 Å². The van der Waals surface area contributed by atoms with Crippen LogP contribution in [-0.2, 0) is 0 Å². The number of rotatable bonds is 5. The van der Waals surface area contributed by atoms with Gasteiger partial charge in [-0.15, -0.1) is 0 Å². The zero-order chi connectivity index (χ0) is 13.1. The van der Waals surface area contributed by atoms with Crippen molar-refractivity contribution in [3.63, 3.8) is 0 Å². The molecule has 0 spiro atoms. The second-order valence-corrected chi connectivity index (χ2v) is 6.79. The lowest BCUT2D eigenvalue weighted by Gasteiger charge is -2.45. The molecular formula is C16H31N3. The van der Waals surface area contributed by atoms with Gasteiger partial charge in [0.05, 0.1) is 0 Å². The Bertz CT molecular complexity index is 281. The fraction of sp³-hybridized carbons (Fsp3) is 1.00. The van der Waals surface area contributed by atoms with Gasteiger partial charge in [0.25, 0.3) is 0 Å². The fourth-order valence-electron chi connectivity index (χ4n) is 4.27. The van der Waals surface area contributed by atoms with Crippen LogP contribution in [0.25, 0.3) is 0 Å². The molecule has 3 nitrogen and oxygen atoms in total. The van der Waals surface area contributed by atoms with Gasteiger partial charge in [0.15, 0.2) is 0 Å². The molecule has 1 aliphatic carbocycles. The van der Waals surface area contributed by atoms with Crippen LogP contribution in [0.5, 0.6) is 0 Å². The smallest absolute Gasteiger partial charge is 0.0223 e. The summed E-state index contributed by atoms with van der Waals surface area (Å²) in [5.74, 6) is 0.930. The van der Waals surface area contributed by atoms with Crippen LogP contribution in [0.2, 0.25) is 0 Å². The van der Waals surface area contributed by atoms with Gasteiger partial charge in [-0.2, -0.15) is 0 Å². The van der Waals surface area contributed by atoms with E-state index in [1.54, 1.807) is 0 Å². The Morgan fingerprint density at radius 2 is 1.84 bits per heavy atom. The monoisotopic (exact) mass is 265 g/mol. The van der Waals surface area contributed by atoms with Gasteiger partial charge in [-0.1, -0.05) is 6.92 Å². The highest BCUT2D eigenvalue weighted by molar-refractivity contribution is 4.94. The first-order valence-corrected chi connectivity index (χ1v) is 8.57. The number of nitrogens with one attached hydrogen (secondary N) is 1. The molecule has 1 saturated carbocycles. The van der Waals surface area contributed by atoms with Crippen molar-refractivity contribution in [2.75, 3.05) is 39.3 Å². The second-order valence-electron chi connectivity index (χ2n) is 6.79. The molecule has 2 saturated heterocycles. The number of nitrogens with zero attached hydrogens (tertiary/aromatic N) is 2. The summed E-state index contributed by atoms with van der Waals surface area (Å²) < 4.78 is 0. The van der Waals surface area contributed by atoms with Gasteiger partial charge in [0.2, 0.25) is 0 Å². The molecule has 0 bridgehead atoms. The van der Waals surface area contributed by atoms with Gasteiger partial charge in [-0.05, 0) is 77.2 Å². The Labute approximate surface area is 118 Å². The van der Waals surface area contributed by atoms with Crippen molar-refractivity contribution in [2.45, 2.75) is 57.5 Å². The molecule has 2 heterocycles. The Hall–Kier alpha value is -0.120. The van der Waals surface area contributed by atoms with Crippen molar-refractivity contribution >= 4 is 0 Å². The summed E-state index contributed by atoms with van der Waals surface area (Å²) >= 11 is 0. The van der Waals surface area contributed by atoms with Crippen LogP contribution >= 0.6 is 0 Å². The molecule has 3 rings (SSSR count). The van der Waals surface area contributed by atoms with E-state index < -0.39 is 0 Å². The average molecular weight is 265 g/mol. The largest absolute Gasteiger partial charge is 0.316 e. The van der Waals surface area contributed by atoms with Crippen molar-refractivity contribution in [3.05, 3.63) is 0 Å². The molecule has 3 atom stereocenters. The Morgan fingerprint density at radius 1 is 1.00 bits per heavy atom. The first-order chi connectivity index (χ1) is 9.38. The minimum atomic E-state index is 0.882. The molecule has 0 aromatic carbocycles. The fourth-order valence-corrected chi connectivity index (χ4v) is 4.27. The predicted molar refractivity (Wildman–Crippen MR) is 80.5 cm³/mol. The Morgan fingerprint density at radius 3 is 2.63 bits per heavy atom. The number of fused-ring (bicyclic) bond motifs is 1. The second kappa shape index (κ2) is 6.55. The molecule has 110 valence electrons. The minimum absolute atomic E-state index is 0.882. The molecule has 3 aliphatic rings. The van der Waals surface area contributed by atoms with Crippen molar-refractivity contribution in [1.82, 2.24) is 15.1 Å². The van der Waals surface area contributed by atoms with Crippen LogP contribution in [0.1, 0.15) is 45.4 Å². The Kier molecular flexibility index (Phi) is 4.78. The quantitative estimate of drug-likeness (QED) is 0.766. The van der Waals surface area contributed by atoms with Gasteiger partial charge in [-0.3, -0.25) is 9.80 Å². The standard InChI is InChI=1S/C16H31N3/c1-2-8-17-12-14-6-7-16(14)19-11-4-10-18-9-3-5-15(18)13-19/h14-17H,2-13H2,1H3. The van der Waals surface area contributed by atoms with Crippen LogP contribution < -0.4 is 5.32 Å². The van der Waals surface area contributed by atoms with E-state index in [1.165, 1.54) is 77.8 Å². The summed E-state index contributed by atoms with van der Waals surface area (Å²) in [4.78, 5) is 5.60. The lowest BCUT2D eigenvalue weighted by molar-refractivity contribution is 0.0563. The predicted octanol–water partition coefficient (Wildman–Crippen LogP) is 1.93. The minimum Gasteiger partial charge on any atom is -0.316 e. The summed E-state index contributed by atoms with van der Waals surface area (Å²) in [5.41, 5.74) is 0. The maximum Gasteiger partial charge on any atom is 0.0223 e. The lowest BCUT2D eigenvalue weighted by Crippen LogP contribution is -2.52. The van der Waals surface area contributed by atoms with E-state index in [2.05, 4.69) is 22.0 Å². The highest BCUT2D eigenvalue weighted by atomic mass is 15.3. The van der Waals surface area contributed by atoms with Crippen molar-refractivity contribution < 1.29 is 0 Å². The highest BCUT2D eigenvalue weighted by Crippen LogP contribution is 2.34. The molecule has 1 N–H and O–H groups in total. The topological polar surface area (TPSA) is 18.5 Å². The van der Waals surface area contributed by atoms with Crippen LogP contribution in [0.4, 0.5) is 0 Å². The molecule has 3 fully saturated rings. The molecule has 0 amide bonds. The molecular weight excluding hydrogens is 234 g/mol. The maximum absolute atomic E-state index is 3.63. The molecule has 2 aliphatic heterocycles. The van der Waals surface area contributed by atoms with Gasteiger partial charge >= 0.3 is 0 Å². The van der Waals surface area contributed by atoms with Crippen molar-refractivity contribution in [3.8, 4) is 0 Å². The zero-order valence-corrected chi connectivity index (χ0v) is 12.6. The molecule has 19 heavy (non-hydrogen) atoms. The van der Waals surface area contributed by atoms with Crippen LogP contribution in [0.3, 0.4) is 0 Å². The summed E-state index contributed by atoms with van der Waals surface area (Å²) in [6, 6.07) is 1.78. The zero-order valence-electron chi connectivity index (χ0n) is 12.6. The summed E-state index contributed by atoms with van der Waals surface area (Å²) in [5, 5.41) is 3.63. The van der Waals surface area contributed by atoms with E-state index in [0.717, 1.165) is 18.0 Å². The average Bonchev–Trinajstić information content (AvgIpc) is 2.72. The van der Waals surface area contributed by atoms with Gasteiger partial charge in [-0.25, -0.2) is 0 Å². The van der Waals surface area contributed by atoms with Crippen LogP contribution in [-0.4, -0.2) is 61.2 Å². The third-order valence-corrected chi connectivity index (χ3v) is 5.51. The van der Waals surface area contributed by atoms with Crippen LogP contribution in [0, 0.1) is 5.92 Å². The molecule has 0 aromatic rings. The summed E-state index contributed by atoms with van der Waals surface area (Å²) in [6.07, 6.45) is 8.43.